The first kappa shape index (κ1) is 18.6. The van der Waals surface area contributed by atoms with Crippen molar-refractivity contribution in [3.63, 3.8) is 0 Å². The topological polar surface area (TPSA) is 62.3 Å². The summed E-state index contributed by atoms with van der Waals surface area (Å²) in [5.74, 6) is 0.893. The lowest BCUT2D eigenvalue weighted by Gasteiger charge is -2.37. The van der Waals surface area contributed by atoms with Crippen molar-refractivity contribution in [2.45, 2.75) is 6.42 Å². The van der Waals surface area contributed by atoms with E-state index in [1.807, 2.05) is 30.3 Å². The molecule has 0 aromatic heterocycles. The summed E-state index contributed by atoms with van der Waals surface area (Å²) in [4.78, 5) is 2.31. The van der Waals surface area contributed by atoms with E-state index in [9.17, 15) is 8.42 Å². The number of ether oxygens (including phenoxy) is 2. The van der Waals surface area contributed by atoms with E-state index in [0.29, 0.717) is 46.0 Å². The molecule has 0 N–H and O–H groups in total. The van der Waals surface area contributed by atoms with Gasteiger partial charge in [0.1, 0.15) is 5.75 Å². The molecule has 0 saturated carbocycles. The van der Waals surface area contributed by atoms with Gasteiger partial charge in [-0.2, -0.15) is 17.0 Å². The van der Waals surface area contributed by atoms with Crippen LogP contribution in [-0.4, -0.2) is 87.6 Å². The van der Waals surface area contributed by atoms with Crippen molar-refractivity contribution in [1.29, 1.82) is 0 Å². The van der Waals surface area contributed by atoms with Gasteiger partial charge in [0.2, 0.25) is 0 Å². The molecule has 0 atom stereocenters. The van der Waals surface area contributed by atoms with Crippen LogP contribution in [0.3, 0.4) is 0 Å². The Hall–Kier alpha value is -1.19. The fraction of sp³-hybridized carbons (Fsp3) is 0.647. The first-order valence-electron chi connectivity index (χ1n) is 8.89. The molecule has 140 valence electrons. The third-order valence-electron chi connectivity index (χ3n) is 4.58. The molecule has 1 aromatic rings. The molecule has 3 rings (SSSR count). The molecule has 0 spiro atoms. The number of benzene rings is 1. The van der Waals surface area contributed by atoms with Crippen LogP contribution in [0.2, 0.25) is 0 Å². The summed E-state index contributed by atoms with van der Waals surface area (Å²) in [6.07, 6.45) is 0.936. The summed E-state index contributed by atoms with van der Waals surface area (Å²) >= 11 is 0. The lowest BCUT2D eigenvalue weighted by atomic mass is 10.3. The standard InChI is InChI=1S/C17H27N3O4S/c21-25(22,20-12-15-23-16-13-20)19-10-8-18(9-11-19)7-4-14-24-17-5-2-1-3-6-17/h1-3,5-6H,4,7-16H2. The third kappa shape index (κ3) is 5.15. The molecular weight excluding hydrogens is 342 g/mol. The molecule has 0 bridgehead atoms. The summed E-state index contributed by atoms with van der Waals surface area (Å²) in [7, 11) is -3.33. The SMILES string of the molecule is O=S(=O)(N1CCOCC1)N1CCN(CCCOc2ccccc2)CC1. The summed E-state index contributed by atoms with van der Waals surface area (Å²) in [6.45, 7) is 6.15. The number of nitrogens with zero attached hydrogens (tertiary/aromatic N) is 3. The minimum Gasteiger partial charge on any atom is -0.494 e. The van der Waals surface area contributed by atoms with Crippen molar-refractivity contribution in [3.8, 4) is 5.75 Å². The predicted molar refractivity (Wildman–Crippen MR) is 95.9 cm³/mol. The van der Waals surface area contributed by atoms with Gasteiger partial charge < -0.3 is 14.4 Å². The Bertz CT molecular complexity index is 612. The fourth-order valence-electron chi connectivity index (χ4n) is 3.12. The second-order valence-electron chi connectivity index (χ2n) is 6.27. The summed E-state index contributed by atoms with van der Waals surface area (Å²) in [5.41, 5.74) is 0. The number of hydrogen-bond donors (Lipinski definition) is 0. The monoisotopic (exact) mass is 369 g/mol. The number of para-hydroxylation sites is 1. The lowest BCUT2D eigenvalue weighted by Crippen LogP contribution is -2.55. The minimum atomic E-state index is -3.33. The molecule has 2 saturated heterocycles. The van der Waals surface area contributed by atoms with Gasteiger partial charge >= 0.3 is 0 Å². The molecule has 2 heterocycles. The molecular formula is C17H27N3O4S. The van der Waals surface area contributed by atoms with E-state index in [1.54, 1.807) is 8.61 Å². The average molecular weight is 369 g/mol. The maximum Gasteiger partial charge on any atom is 0.282 e. The number of hydrogen-bond acceptors (Lipinski definition) is 5. The predicted octanol–water partition coefficient (Wildman–Crippen LogP) is 0.650. The van der Waals surface area contributed by atoms with Crippen LogP contribution in [0.25, 0.3) is 0 Å². The fourth-order valence-corrected chi connectivity index (χ4v) is 4.68. The largest absolute Gasteiger partial charge is 0.494 e. The van der Waals surface area contributed by atoms with E-state index in [0.717, 1.165) is 31.8 Å². The Labute approximate surface area is 150 Å². The zero-order valence-electron chi connectivity index (χ0n) is 14.5. The van der Waals surface area contributed by atoms with Gasteiger partial charge in [-0.3, -0.25) is 0 Å². The van der Waals surface area contributed by atoms with Crippen LogP contribution >= 0.6 is 0 Å². The molecule has 0 aliphatic carbocycles. The summed E-state index contributed by atoms with van der Waals surface area (Å²) in [5, 5.41) is 0. The van der Waals surface area contributed by atoms with Gasteiger partial charge in [-0.1, -0.05) is 18.2 Å². The lowest BCUT2D eigenvalue weighted by molar-refractivity contribution is 0.0684. The smallest absolute Gasteiger partial charge is 0.282 e. The van der Waals surface area contributed by atoms with Gasteiger partial charge in [-0.15, -0.1) is 0 Å². The number of rotatable bonds is 7. The van der Waals surface area contributed by atoms with Gasteiger partial charge in [0, 0.05) is 45.8 Å². The first-order valence-corrected chi connectivity index (χ1v) is 10.3. The Morgan fingerprint density at radius 1 is 0.920 bits per heavy atom. The first-order chi connectivity index (χ1) is 12.2. The van der Waals surface area contributed by atoms with Crippen LogP contribution in [0.4, 0.5) is 0 Å². The van der Waals surface area contributed by atoms with Gasteiger partial charge in [0.15, 0.2) is 0 Å². The molecule has 2 aliphatic heterocycles. The molecule has 25 heavy (non-hydrogen) atoms. The minimum absolute atomic E-state index is 0.458. The van der Waals surface area contributed by atoms with Crippen LogP contribution in [0.5, 0.6) is 5.75 Å². The van der Waals surface area contributed by atoms with E-state index in [4.69, 9.17) is 9.47 Å². The van der Waals surface area contributed by atoms with Gasteiger partial charge in [-0.05, 0) is 18.6 Å². The Morgan fingerprint density at radius 2 is 1.56 bits per heavy atom. The number of morpholine rings is 1. The normalized spacial score (nSPS) is 21.3. The molecule has 8 heteroatoms. The molecule has 1 aromatic carbocycles. The molecule has 0 unspecified atom stereocenters. The van der Waals surface area contributed by atoms with Gasteiger partial charge in [0.05, 0.1) is 19.8 Å². The quantitative estimate of drug-likeness (QED) is 0.661. The van der Waals surface area contributed by atoms with E-state index in [-0.39, 0.29) is 0 Å². The molecule has 0 radical (unpaired) electrons. The van der Waals surface area contributed by atoms with Crippen LogP contribution in [0.15, 0.2) is 30.3 Å². The maximum atomic E-state index is 12.6. The van der Waals surface area contributed by atoms with Crippen LogP contribution < -0.4 is 4.74 Å². The highest BCUT2D eigenvalue weighted by Gasteiger charge is 2.32. The van der Waals surface area contributed by atoms with Gasteiger partial charge in [0.25, 0.3) is 10.2 Å². The van der Waals surface area contributed by atoms with Crippen molar-refractivity contribution >= 4 is 10.2 Å². The Balaban J connectivity index is 1.37. The van der Waals surface area contributed by atoms with Crippen molar-refractivity contribution in [2.75, 3.05) is 65.6 Å². The summed E-state index contributed by atoms with van der Waals surface area (Å²) < 4.78 is 39.3. The molecule has 7 nitrogen and oxygen atoms in total. The van der Waals surface area contributed by atoms with E-state index < -0.39 is 10.2 Å². The highest BCUT2D eigenvalue weighted by atomic mass is 32.2. The van der Waals surface area contributed by atoms with Gasteiger partial charge in [-0.25, -0.2) is 0 Å². The third-order valence-corrected chi connectivity index (χ3v) is 6.62. The van der Waals surface area contributed by atoms with E-state index in [2.05, 4.69) is 4.90 Å². The second-order valence-corrected chi connectivity index (χ2v) is 8.20. The molecule has 2 fully saturated rings. The van der Waals surface area contributed by atoms with Crippen LogP contribution in [-0.2, 0) is 14.9 Å². The van der Waals surface area contributed by atoms with Crippen molar-refractivity contribution in [3.05, 3.63) is 30.3 Å². The highest BCUT2D eigenvalue weighted by Crippen LogP contribution is 2.14. The Kier molecular flexibility index (Phi) is 6.66. The van der Waals surface area contributed by atoms with Crippen molar-refractivity contribution < 1.29 is 17.9 Å². The Morgan fingerprint density at radius 3 is 2.24 bits per heavy atom. The zero-order chi connectivity index (χ0) is 17.5. The van der Waals surface area contributed by atoms with Crippen LogP contribution in [0, 0.1) is 0 Å². The van der Waals surface area contributed by atoms with Crippen LogP contribution in [0.1, 0.15) is 6.42 Å². The number of piperazine rings is 1. The molecule has 2 aliphatic rings. The van der Waals surface area contributed by atoms with E-state index in [1.165, 1.54) is 0 Å². The summed E-state index contributed by atoms with van der Waals surface area (Å²) in [6, 6.07) is 9.80. The average Bonchev–Trinajstić information content (AvgIpc) is 2.67. The molecule has 0 amide bonds. The van der Waals surface area contributed by atoms with E-state index >= 15 is 0 Å². The van der Waals surface area contributed by atoms with Crippen molar-refractivity contribution in [2.24, 2.45) is 0 Å². The van der Waals surface area contributed by atoms with Crippen molar-refractivity contribution in [1.82, 2.24) is 13.5 Å². The highest BCUT2D eigenvalue weighted by molar-refractivity contribution is 7.86. The maximum absolute atomic E-state index is 12.6. The zero-order valence-corrected chi connectivity index (χ0v) is 15.4. The second kappa shape index (κ2) is 8.95.